The molecule has 1 aliphatic carbocycles. The summed E-state index contributed by atoms with van der Waals surface area (Å²) in [5.41, 5.74) is 6.57. The third-order valence-electron chi connectivity index (χ3n) is 3.53. The Morgan fingerprint density at radius 3 is 2.55 bits per heavy atom. The fraction of sp³-hybridized carbons (Fsp3) is 0.500. The highest BCUT2D eigenvalue weighted by Crippen LogP contribution is 2.21. The van der Waals surface area contributed by atoms with E-state index in [1.807, 2.05) is 18.2 Å². The van der Waals surface area contributed by atoms with E-state index in [-0.39, 0.29) is 24.4 Å². The highest BCUT2D eigenvalue weighted by molar-refractivity contribution is 14.1. The highest BCUT2D eigenvalue weighted by atomic mass is 127. The lowest BCUT2D eigenvalue weighted by atomic mass is 9.91. The summed E-state index contributed by atoms with van der Waals surface area (Å²) in [5.74, 6) is 0.761. The van der Waals surface area contributed by atoms with E-state index in [2.05, 4.69) is 27.9 Å². The number of halogens is 2. The summed E-state index contributed by atoms with van der Waals surface area (Å²) in [4.78, 5) is 12.2. The van der Waals surface area contributed by atoms with Crippen LogP contribution in [0.2, 0.25) is 0 Å². The summed E-state index contributed by atoms with van der Waals surface area (Å²) >= 11 is 2.16. The Balaban J connectivity index is 0.00000200. The number of carbonyl (C=O) groups is 1. The van der Waals surface area contributed by atoms with Crippen molar-refractivity contribution in [1.29, 1.82) is 0 Å². The fourth-order valence-electron chi connectivity index (χ4n) is 2.33. The minimum Gasteiger partial charge on any atom is -0.497 e. The van der Waals surface area contributed by atoms with E-state index >= 15 is 0 Å². The van der Waals surface area contributed by atoms with Crippen LogP contribution in [0.1, 0.15) is 36.0 Å². The average Bonchev–Trinajstić information content (AvgIpc) is 2.41. The quantitative estimate of drug-likeness (QED) is 0.753. The minimum atomic E-state index is -0.00692. The lowest BCUT2D eigenvalue weighted by molar-refractivity contribution is 0.0925. The zero-order valence-electron chi connectivity index (χ0n) is 11.4. The van der Waals surface area contributed by atoms with Crippen LogP contribution in [0.3, 0.4) is 0 Å². The molecule has 1 saturated carbocycles. The Labute approximate surface area is 139 Å². The Hall–Kier alpha value is -0.530. The number of nitrogens with one attached hydrogen (secondary N) is 1. The first-order valence-corrected chi connectivity index (χ1v) is 7.58. The van der Waals surface area contributed by atoms with Crippen LogP contribution in [-0.4, -0.2) is 25.1 Å². The van der Waals surface area contributed by atoms with Crippen LogP contribution in [0.15, 0.2) is 18.2 Å². The molecule has 2 rings (SSSR count). The van der Waals surface area contributed by atoms with E-state index < -0.39 is 0 Å². The molecule has 0 radical (unpaired) electrons. The maximum absolute atomic E-state index is 12.2. The molecule has 0 aromatic heterocycles. The molecule has 0 unspecified atom stereocenters. The molecule has 20 heavy (non-hydrogen) atoms. The Morgan fingerprint density at radius 1 is 1.35 bits per heavy atom. The van der Waals surface area contributed by atoms with E-state index in [9.17, 15) is 4.79 Å². The predicted octanol–water partition coefficient (Wildman–Crippen LogP) is 2.72. The first kappa shape index (κ1) is 17.5. The van der Waals surface area contributed by atoms with Gasteiger partial charge in [0.15, 0.2) is 0 Å². The van der Waals surface area contributed by atoms with Gasteiger partial charge in [0.05, 0.1) is 12.7 Å². The molecule has 0 bridgehead atoms. The van der Waals surface area contributed by atoms with Gasteiger partial charge in [-0.05, 0) is 66.5 Å². The van der Waals surface area contributed by atoms with E-state index in [0.717, 1.165) is 35.0 Å². The first-order valence-electron chi connectivity index (χ1n) is 6.50. The van der Waals surface area contributed by atoms with E-state index in [4.69, 9.17) is 10.5 Å². The molecule has 0 atom stereocenters. The third-order valence-corrected chi connectivity index (χ3v) is 4.42. The maximum atomic E-state index is 12.2. The van der Waals surface area contributed by atoms with Crippen molar-refractivity contribution in [3.05, 3.63) is 27.3 Å². The zero-order valence-corrected chi connectivity index (χ0v) is 14.4. The molecule has 0 spiro atoms. The summed E-state index contributed by atoms with van der Waals surface area (Å²) in [5, 5.41) is 3.09. The average molecular weight is 411 g/mol. The summed E-state index contributed by atoms with van der Waals surface area (Å²) in [6, 6.07) is 6.05. The molecule has 6 heteroatoms. The molecule has 1 aromatic rings. The third kappa shape index (κ3) is 4.49. The predicted molar refractivity (Wildman–Crippen MR) is 90.7 cm³/mol. The summed E-state index contributed by atoms with van der Waals surface area (Å²) in [6.07, 6.45) is 3.93. The van der Waals surface area contributed by atoms with Crippen LogP contribution in [0.5, 0.6) is 5.75 Å². The van der Waals surface area contributed by atoms with Gasteiger partial charge in [-0.25, -0.2) is 0 Å². The van der Waals surface area contributed by atoms with Crippen molar-refractivity contribution in [3.63, 3.8) is 0 Å². The molecule has 0 aliphatic heterocycles. The molecule has 112 valence electrons. The molecule has 1 fully saturated rings. The second kappa shape index (κ2) is 8.05. The topological polar surface area (TPSA) is 64.3 Å². The summed E-state index contributed by atoms with van der Waals surface area (Å²) in [7, 11) is 1.62. The van der Waals surface area contributed by atoms with Crippen LogP contribution in [0.4, 0.5) is 0 Å². The molecule has 1 amide bonds. The number of amides is 1. The minimum absolute atomic E-state index is 0. The maximum Gasteiger partial charge on any atom is 0.252 e. The van der Waals surface area contributed by atoms with Gasteiger partial charge in [0.1, 0.15) is 5.75 Å². The molecular formula is C14H20ClIN2O2. The molecular weight excluding hydrogens is 391 g/mol. The van der Waals surface area contributed by atoms with Gasteiger partial charge in [0, 0.05) is 15.7 Å². The lowest BCUT2D eigenvalue weighted by Crippen LogP contribution is -2.40. The van der Waals surface area contributed by atoms with Crippen LogP contribution >= 0.6 is 35.0 Å². The number of carbonyl (C=O) groups excluding carboxylic acids is 1. The van der Waals surface area contributed by atoms with Crippen LogP contribution in [0.25, 0.3) is 0 Å². The smallest absolute Gasteiger partial charge is 0.252 e. The number of ether oxygens (including phenoxy) is 1. The number of nitrogens with two attached hydrogens (primary N) is 1. The van der Waals surface area contributed by atoms with Gasteiger partial charge < -0.3 is 15.8 Å². The van der Waals surface area contributed by atoms with E-state index in [1.54, 1.807) is 7.11 Å². The Bertz CT molecular complexity index is 462. The molecule has 4 nitrogen and oxygen atoms in total. The lowest BCUT2D eigenvalue weighted by Gasteiger charge is -2.27. The van der Waals surface area contributed by atoms with Crippen molar-refractivity contribution >= 4 is 40.9 Å². The van der Waals surface area contributed by atoms with Gasteiger partial charge in [-0.3, -0.25) is 4.79 Å². The Morgan fingerprint density at radius 2 is 2.00 bits per heavy atom. The molecule has 1 aromatic carbocycles. The second-order valence-electron chi connectivity index (χ2n) is 4.93. The van der Waals surface area contributed by atoms with E-state index in [1.165, 1.54) is 0 Å². The molecule has 0 heterocycles. The van der Waals surface area contributed by atoms with Gasteiger partial charge in [-0.2, -0.15) is 0 Å². The van der Waals surface area contributed by atoms with Gasteiger partial charge in [0.2, 0.25) is 0 Å². The van der Waals surface area contributed by atoms with Crippen molar-refractivity contribution in [2.75, 3.05) is 7.11 Å². The van der Waals surface area contributed by atoms with Crippen LogP contribution < -0.4 is 15.8 Å². The normalized spacial score (nSPS) is 21.8. The van der Waals surface area contributed by atoms with Crippen molar-refractivity contribution in [2.45, 2.75) is 37.8 Å². The molecule has 1 aliphatic rings. The summed E-state index contributed by atoms with van der Waals surface area (Å²) in [6.45, 7) is 0. The number of benzene rings is 1. The number of methoxy groups -OCH3 is 1. The van der Waals surface area contributed by atoms with Crippen LogP contribution in [-0.2, 0) is 0 Å². The largest absolute Gasteiger partial charge is 0.497 e. The molecule has 0 saturated heterocycles. The van der Waals surface area contributed by atoms with Gasteiger partial charge in [-0.1, -0.05) is 0 Å². The highest BCUT2D eigenvalue weighted by Gasteiger charge is 2.21. The van der Waals surface area contributed by atoms with Gasteiger partial charge in [0.25, 0.3) is 5.91 Å². The van der Waals surface area contributed by atoms with Crippen molar-refractivity contribution in [2.24, 2.45) is 5.73 Å². The van der Waals surface area contributed by atoms with Gasteiger partial charge in [-0.15, -0.1) is 12.4 Å². The number of hydrogen-bond donors (Lipinski definition) is 2. The Kier molecular flexibility index (Phi) is 7.05. The monoisotopic (exact) mass is 410 g/mol. The standard InChI is InChI=1S/C14H19IN2O2.ClH/c1-19-11-6-7-12(13(15)8-11)14(18)17-10-4-2-9(16)3-5-10;/h6-10H,2-5,16H2,1H3,(H,17,18);1H. The fourth-order valence-corrected chi connectivity index (χ4v) is 3.07. The van der Waals surface area contributed by atoms with E-state index in [0.29, 0.717) is 11.6 Å². The SMILES string of the molecule is COc1ccc(C(=O)NC2CCC(N)CC2)c(I)c1.Cl. The number of hydrogen-bond acceptors (Lipinski definition) is 3. The first-order chi connectivity index (χ1) is 9.10. The zero-order chi connectivity index (χ0) is 13.8. The van der Waals surface area contributed by atoms with Crippen molar-refractivity contribution < 1.29 is 9.53 Å². The second-order valence-corrected chi connectivity index (χ2v) is 6.09. The van der Waals surface area contributed by atoms with Crippen molar-refractivity contribution in [3.8, 4) is 5.75 Å². The molecule has 3 N–H and O–H groups in total. The van der Waals surface area contributed by atoms with Crippen molar-refractivity contribution in [1.82, 2.24) is 5.32 Å². The van der Waals surface area contributed by atoms with Gasteiger partial charge >= 0.3 is 0 Å². The summed E-state index contributed by atoms with van der Waals surface area (Å²) < 4.78 is 6.05. The number of rotatable bonds is 3. The van der Waals surface area contributed by atoms with Crippen LogP contribution in [0, 0.1) is 3.57 Å².